The normalized spacial score (nSPS) is 14.3. The maximum absolute atomic E-state index is 13.5. The Kier molecular flexibility index (Phi) is 5.26. The Morgan fingerprint density at radius 3 is 1.86 bits per heavy atom. The average molecular weight is 387 g/mol. The largest absolute Gasteiger partial charge is 0.493 e. The van der Waals surface area contributed by atoms with Crippen molar-refractivity contribution < 1.29 is 14.3 Å². The van der Waals surface area contributed by atoms with E-state index in [-0.39, 0.29) is 17.4 Å². The molecule has 29 heavy (non-hydrogen) atoms. The zero-order valence-corrected chi connectivity index (χ0v) is 16.7. The molecule has 148 valence electrons. The van der Waals surface area contributed by atoms with Gasteiger partial charge in [0.05, 0.1) is 25.7 Å². The summed E-state index contributed by atoms with van der Waals surface area (Å²) in [4.78, 5) is 13.5. The zero-order chi connectivity index (χ0) is 20.3. The van der Waals surface area contributed by atoms with Crippen LogP contribution in [0.2, 0.25) is 0 Å². The molecule has 3 aromatic carbocycles. The molecule has 1 saturated carbocycles. The summed E-state index contributed by atoms with van der Waals surface area (Å²) in [6.07, 6.45) is 1.81. The van der Waals surface area contributed by atoms with Crippen molar-refractivity contribution in [3.8, 4) is 11.5 Å². The number of hydrogen-bond acceptors (Lipinski definition) is 3. The highest BCUT2D eigenvalue weighted by Crippen LogP contribution is 2.48. The molecule has 4 nitrogen and oxygen atoms in total. The molecule has 1 amide bonds. The number of methoxy groups -OCH3 is 2. The number of carbonyl (C=O) groups is 1. The minimum absolute atomic E-state index is 0.00897. The molecule has 0 spiro atoms. The summed E-state index contributed by atoms with van der Waals surface area (Å²) in [5, 5.41) is 3.33. The molecule has 1 aliphatic rings. The van der Waals surface area contributed by atoms with Crippen molar-refractivity contribution in [3.05, 3.63) is 95.6 Å². The Bertz CT molecular complexity index is 942. The lowest BCUT2D eigenvalue weighted by molar-refractivity contribution is -0.122. The Morgan fingerprint density at radius 1 is 0.828 bits per heavy atom. The van der Waals surface area contributed by atoms with E-state index in [2.05, 4.69) is 5.32 Å². The number of benzene rings is 3. The van der Waals surface area contributed by atoms with E-state index in [1.807, 2.05) is 78.9 Å². The van der Waals surface area contributed by atoms with Gasteiger partial charge in [0.15, 0.2) is 11.5 Å². The molecule has 1 fully saturated rings. The third-order valence-electron chi connectivity index (χ3n) is 5.58. The van der Waals surface area contributed by atoms with Gasteiger partial charge in [0, 0.05) is 0 Å². The van der Waals surface area contributed by atoms with Gasteiger partial charge in [0.25, 0.3) is 0 Å². The molecular weight excluding hydrogens is 362 g/mol. The molecule has 1 N–H and O–H groups in total. The summed E-state index contributed by atoms with van der Waals surface area (Å²) in [6.45, 7) is 0. The summed E-state index contributed by atoms with van der Waals surface area (Å²) < 4.78 is 10.8. The predicted octanol–water partition coefficient (Wildman–Crippen LogP) is 4.64. The van der Waals surface area contributed by atoms with Crippen LogP contribution in [0.15, 0.2) is 78.9 Å². The van der Waals surface area contributed by atoms with E-state index < -0.39 is 0 Å². The molecule has 0 bridgehead atoms. The van der Waals surface area contributed by atoms with Gasteiger partial charge in [-0.05, 0) is 41.7 Å². The quantitative estimate of drug-likeness (QED) is 0.642. The van der Waals surface area contributed by atoms with Gasteiger partial charge < -0.3 is 14.8 Å². The second kappa shape index (κ2) is 8.00. The first-order chi connectivity index (χ1) is 14.2. The van der Waals surface area contributed by atoms with Crippen molar-refractivity contribution in [2.45, 2.75) is 24.3 Å². The molecule has 0 aliphatic heterocycles. The van der Waals surface area contributed by atoms with Gasteiger partial charge in [0.2, 0.25) is 5.91 Å². The summed E-state index contributed by atoms with van der Waals surface area (Å²) in [6, 6.07) is 25.7. The highest BCUT2D eigenvalue weighted by Gasteiger charge is 2.47. The van der Waals surface area contributed by atoms with E-state index in [1.54, 1.807) is 14.2 Å². The zero-order valence-electron chi connectivity index (χ0n) is 16.7. The first-order valence-corrected chi connectivity index (χ1v) is 9.81. The van der Waals surface area contributed by atoms with Crippen LogP contribution < -0.4 is 14.8 Å². The number of rotatable bonds is 7. The van der Waals surface area contributed by atoms with Gasteiger partial charge in [-0.2, -0.15) is 0 Å². The first kappa shape index (κ1) is 19.1. The van der Waals surface area contributed by atoms with E-state index in [0.29, 0.717) is 11.5 Å². The lowest BCUT2D eigenvalue weighted by atomic mass is 9.89. The number of ether oxygens (including phenoxy) is 2. The molecular formula is C25H25NO3. The van der Waals surface area contributed by atoms with Gasteiger partial charge >= 0.3 is 0 Å². The van der Waals surface area contributed by atoms with Crippen LogP contribution in [-0.4, -0.2) is 20.1 Å². The molecule has 1 aliphatic carbocycles. The van der Waals surface area contributed by atoms with Crippen LogP contribution in [0.5, 0.6) is 11.5 Å². The van der Waals surface area contributed by atoms with Crippen LogP contribution in [0, 0.1) is 0 Å². The average Bonchev–Trinajstić information content (AvgIpc) is 3.55. The lowest BCUT2D eigenvalue weighted by Gasteiger charge is -2.24. The van der Waals surface area contributed by atoms with Gasteiger partial charge in [-0.25, -0.2) is 0 Å². The summed E-state index contributed by atoms with van der Waals surface area (Å²) in [7, 11) is 3.25. The Morgan fingerprint density at radius 2 is 1.38 bits per heavy atom. The van der Waals surface area contributed by atoms with Gasteiger partial charge in [-0.1, -0.05) is 66.7 Å². The molecule has 4 heteroatoms. The SMILES string of the molecule is COc1ccc(C2(NC(=O)C(c3ccccc3)c3ccccc3)CC2)cc1OC. The van der Waals surface area contributed by atoms with Crippen molar-refractivity contribution in [2.75, 3.05) is 14.2 Å². The van der Waals surface area contributed by atoms with E-state index in [9.17, 15) is 4.79 Å². The number of nitrogens with one attached hydrogen (secondary N) is 1. The van der Waals surface area contributed by atoms with E-state index >= 15 is 0 Å². The highest BCUT2D eigenvalue weighted by molar-refractivity contribution is 5.88. The number of hydrogen-bond donors (Lipinski definition) is 1. The standard InChI is InChI=1S/C25H25NO3/c1-28-21-14-13-20(17-22(21)29-2)25(15-16-25)26-24(27)23(18-9-5-3-6-10-18)19-11-7-4-8-12-19/h3-14,17,23H,15-16H2,1-2H3,(H,26,27). The van der Waals surface area contributed by atoms with Crippen LogP contribution in [0.3, 0.4) is 0 Å². The fraction of sp³-hybridized carbons (Fsp3) is 0.240. The maximum Gasteiger partial charge on any atom is 0.232 e. The van der Waals surface area contributed by atoms with Gasteiger partial charge in [0.1, 0.15) is 0 Å². The van der Waals surface area contributed by atoms with Crippen LogP contribution in [0.1, 0.15) is 35.4 Å². The van der Waals surface area contributed by atoms with E-state index in [1.165, 1.54) is 0 Å². The second-order valence-corrected chi connectivity index (χ2v) is 7.40. The second-order valence-electron chi connectivity index (χ2n) is 7.40. The van der Waals surface area contributed by atoms with Crippen molar-refractivity contribution in [1.82, 2.24) is 5.32 Å². The highest BCUT2D eigenvalue weighted by atomic mass is 16.5. The number of amides is 1. The fourth-order valence-electron chi connectivity index (χ4n) is 3.84. The Balaban J connectivity index is 1.64. The van der Waals surface area contributed by atoms with Gasteiger partial charge in [-0.15, -0.1) is 0 Å². The fourth-order valence-corrected chi connectivity index (χ4v) is 3.84. The molecule has 0 unspecified atom stereocenters. The summed E-state index contributed by atoms with van der Waals surface area (Å²) in [5.74, 6) is 1.02. The molecule has 0 saturated heterocycles. The topological polar surface area (TPSA) is 47.6 Å². The maximum atomic E-state index is 13.5. The first-order valence-electron chi connectivity index (χ1n) is 9.81. The van der Waals surface area contributed by atoms with Crippen molar-refractivity contribution in [2.24, 2.45) is 0 Å². The van der Waals surface area contributed by atoms with Crippen LogP contribution >= 0.6 is 0 Å². The van der Waals surface area contributed by atoms with Crippen molar-refractivity contribution >= 4 is 5.91 Å². The molecule has 3 aromatic rings. The summed E-state index contributed by atoms with van der Waals surface area (Å²) >= 11 is 0. The summed E-state index contributed by atoms with van der Waals surface area (Å²) in [5.41, 5.74) is 2.67. The van der Waals surface area contributed by atoms with Crippen molar-refractivity contribution in [1.29, 1.82) is 0 Å². The minimum atomic E-state index is -0.352. The molecule has 0 heterocycles. The van der Waals surface area contributed by atoms with Crippen LogP contribution in [0.25, 0.3) is 0 Å². The van der Waals surface area contributed by atoms with E-state index in [0.717, 1.165) is 29.5 Å². The molecule has 0 aromatic heterocycles. The minimum Gasteiger partial charge on any atom is -0.493 e. The monoisotopic (exact) mass is 387 g/mol. The Hall–Kier alpha value is -3.27. The van der Waals surface area contributed by atoms with Crippen LogP contribution in [0.4, 0.5) is 0 Å². The third kappa shape index (κ3) is 3.83. The van der Waals surface area contributed by atoms with Crippen LogP contribution in [-0.2, 0) is 10.3 Å². The van der Waals surface area contributed by atoms with Crippen molar-refractivity contribution in [3.63, 3.8) is 0 Å². The van der Waals surface area contributed by atoms with E-state index in [4.69, 9.17) is 9.47 Å². The smallest absolute Gasteiger partial charge is 0.232 e. The Labute approximate surface area is 171 Å². The number of carbonyl (C=O) groups excluding carboxylic acids is 1. The van der Waals surface area contributed by atoms with Gasteiger partial charge in [-0.3, -0.25) is 4.79 Å². The molecule has 0 radical (unpaired) electrons. The predicted molar refractivity (Wildman–Crippen MR) is 113 cm³/mol. The molecule has 0 atom stereocenters. The molecule has 4 rings (SSSR count). The lowest BCUT2D eigenvalue weighted by Crippen LogP contribution is -2.38. The third-order valence-corrected chi connectivity index (χ3v) is 5.58.